The largest absolute Gasteiger partial charge is 0.339 e. The van der Waals surface area contributed by atoms with E-state index in [4.69, 9.17) is 0 Å². The van der Waals surface area contributed by atoms with Crippen molar-refractivity contribution in [3.8, 4) is 0 Å². The highest BCUT2D eigenvalue weighted by molar-refractivity contribution is 5.93. The van der Waals surface area contributed by atoms with E-state index in [9.17, 15) is 4.79 Å². The average Bonchev–Trinajstić information content (AvgIpc) is 2.92. The number of carbonyl (C=O) groups excluding carboxylic acids is 1. The standard InChI is InChI=1S/C17H25N3O/c1-14(2)20-11-7-17(13-20)5-9-19(10-6-17)16(21)15-4-3-8-18-12-15/h3-4,8,12,14H,5-7,9-11,13H2,1-2H3. The summed E-state index contributed by atoms with van der Waals surface area (Å²) in [6, 6.07) is 4.32. The predicted molar refractivity (Wildman–Crippen MR) is 83.1 cm³/mol. The van der Waals surface area contributed by atoms with Crippen LogP contribution in [0.15, 0.2) is 24.5 Å². The summed E-state index contributed by atoms with van der Waals surface area (Å²) in [7, 11) is 0. The lowest BCUT2D eigenvalue weighted by Crippen LogP contribution is -2.44. The number of likely N-dealkylation sites (tertiary alicyclic amines) is 2. The third-order valence-corrected chi connectivity index (χ3v) is 5.22. The molecule has 2 aliphatic rings. The van der Waals surface area contributed by atoms with E-state index in [-0.39, 0.29) is 5.91 Å². The SMILES string of the molecule is CC(C)N1CCC2(CCN(C(=O)c3cccnc3)CC2)C1. The van der Waals surface area contributed by atoms with E-state index in [0.29, 0.717) is 17.0 Å². The fraction of sp³-hybridized carbons (Fsp3) is 0.647. The molecule has 1 aromatic heterocycles. The maximum absolute atomic E-state index is 12.5. The van der Waals surface area contributed by atoms with Gasteiger partial charge in [0.1, 0.15) is 0 Å². The summed E-state index contributed by atoms with van der Waals surface area (Å²) in [5, 5.41) is 0. The van der Waals surface area contributed by atoms with Crippen LogP contribution in [0.1, 0.15) is 43.5 Å². The van der Waals surface area contributed by atoms with Crippen LogP contribution in [0.5, 0.6) is 0 Å². The molecule has 4 heteroatoms. The van der Waals surface area contributed by atoms with Gasteiger partial charge in [-0.15, -0.1) is 0 Å². The molecule has 4 nitrogen and oxygen atoms in total. The van der Waals surface area contributed by atoms with Crippen LogP contribution in [0.3, 0.4) is 0 Å². The Morgan fingerprint density at radius 2 is 1.95 bits per heavy atom. The van der Waals surface area contributed by atoms with Crippen LogP contribution < -0.4 is 0 Å². The van der Waals surface area contributed by atoms with Crippen molar-refractivity contribution >= 4 is 5.91 Å². The van der Waals surface area contributed by atoms with E-state index in [0.717, 1.165) is 25.9 Å². The Kier molecular flexibility index (Phi) is 3.98. The highest BCUT2D eigenvalue weighted by atomic mass is 16.2. The zero-order valence-electron chi connectivity index (χ0n) is 13.1. The smallest absolute Gasteiger partial charge is 0.255 e. The molecular formula is C17H25N3O. The number of rotatable bonds is 2. The summed E-state index contributed by atoms with van der Waals surface area (Å²) in [6.07, 6.45) is 6.95. The number of carbonyl (C=O) groups is 1. The normalized spacial score (nSPS) is 22.1. The van der Waals surface area contributed by atoms with E-state index < -0.39 is 0 Å². The first-order chi connectivity index (χ1) is 10.1. The van der Waals surface area contributed by atoms with E-state index in [1.54, 1.807) is 12.4 Å². The number of hydrogen-bond donors (Lipinski definition) is 0. The highest BCUT2D eigenvalue weighted by Gasteiger charge is 2.41. The monoisotopic (exact) mass is 287 g/mol. The maximum Gasteiger partial charge on any atom is 0.255 e. The van der Waals surface area contributed by atoms with Crippen molar-refractivity contribution in [3.63, 3.8) is 0 Å². The molecule has 3 rings (SSSR count). The zero-order valence-corrected chi connectivity index (χ0v) is 13.1. The van der Waals surface area contributed by atoms with E-state index in [2.05, 4.69) is 23.7 Å². The molecule has 2 fully saturated rings. The van der Waals surface area contributed by atoms with Crippen molar-refractivity contribution in [2.45, 2.75) is 39.2 Å². The van der Waals surface area contributed by atoms with Crippen molar-refractivity contribution in [2.75, 3.05) is 26.2 Å². The van der Waals surface area contributed by atoms with Crippen LogP contribution >= 0.6 is 0 Å². The fourth-order valence-corrected chi connectivity index (χ4v) is 3.67. The van der Waals surface area contributed by atoms with Crippen LogP contribution in [0.2, 0.25) is 0 Å². The third-order valence-electron chi connectivity index (χ3n) is 5.22. The van der Waals surface area contributed by atoms with Gasteiger partial charge in [-0.3, -0.25) is 9.78 Å². The fourth-order valence-electron chi connectivity index (χ4n) is 3.67. The van der Waals surface area contributed by atoms with Gasteiger partial charge in [-0.1, -0.05) is 0 Å². The minimum Gasteiger partial charge on any atom is -0.339 e. The summed E-state index contributed by atoms with van der Waals surface area (Å²) < 4.78 is 0. The van der Waals surface area contributed by atoms with Crippen LogP contribution in [0.4, 0.5) is 0 Å². The molecule has 0 unspecified atom stereocenters. The number of amides is 1. The van der Waals surface area contributed by atoms with Gasteiger partial charge in [-0.2, -0.15) is 0 Å². The Balaban J connectivity index is 1.60. The van der Waals surface area contributed by atoms with E-state index in [1.165, 1.54) is 19.5 Å². The lowest BCUT2D eigenvalue weighted by Gasteiger charge is -2.39. The van der Waals surface area contributed by atoms with Crippen molar-refractivity contribution in [2.24, 2.45) is 5.41 Å². The molecule has 1 amide bonds. The molecule has 1 spiro atoms. The molecule has 0 bridgehead atoms. The van der Waals surface area contributed by atoms with Gasteiger partial charge < -0.3 is 9.80 Å². The predicted octanol–water partition coefficient (Wildman–Crippen LogP) is 2.42. The Morgan fingerprint density at radius 3 is 2.52 bits per heavy atom. The number of pyridine rings is 1. The van der Waals surface area contributed by atoms with Gasteiger partial charge in [0.25, 0.3) is 5.91 Å². The maximum atomic E-state index is 12.5. The van der Waals surface area contributed by atoms with Gasteiger partial charge in [0.2, 0.25) is 0 Å². The molecule has 1 aromatic rings. The van der Waals surface area contributed by atoms with Crippen molar-refractivity contribution < 1.29 is 4.79 Å². The van der Waals surface area contributed by atoms with Gasteiger partial charge >= 0.3 is 0 Å². The molecule has 3 heterocycles. The Labute approximate surface area is 127 Å². The lowest BCUT2D eigenvalue weighted by molar-refractivity contribution is 0.0582. The number of nitrogens with zero attached hydrogens (tertiary/aromatic N) is 3. The Bertz CT molecular complexity index is 492. The van der Waals surface area contributed by atoms with Crippen molar-refractivity contribution in [3.05, 3.63) is 30.1 Å². The van der Waals surface area contributed by atoms with Gasteiger partial charge in [-0.25, -0.2) is 0 Å². The third kappa shape index (κ3) is 2.95. The van der Waals surface area contributed by atoms with Crippen molar-refractivity contribution in [1.29, 1.82) is 0 Å². The zero-order chi connectivity index (χ0) is 14.9. The van der Waals surface area contributed by atoms with E-state index >= 15 is 0 Å². The highest BCUT2D eigenvalue weighted by Crippen LogP contribution is 2.41. The molecule has 2 aliphatic heterocycles. The summed E-state index contributed by atoms with van der Waals surface area (Å²) in [5.41, 5.74) is 1.17. The van der Waals surface area contributed by atoms with Gasteiger partial charge in [-0.05, 0) is 57.2 Å². The Hall–Kier alpha value is -1.42. The minimum absolute atomic E-state index is 0.136. The number of piperidine rings is 1. The second kappa shape index (κ2) is 5.76. The van der Waals surface area contributed by atoms with Gasteiger partial charge in [0.05, 0.1) is 5.56 Å². The first-order valence-corrected chi connectivity index (χ1v) is 8.03. The number of hydrogen-bond acceptors (Lipinski definition) is 3. The summed E-state index contributed by atoms with van der Waals surface area (Å²) in [4.78, 5) is 21.1. The molecule has 0 radical (unpaired) electrons. The van der Waals surface area contributed by atoms with Crippen molar-refractivity contribution in [1.82, 2.24) is 14.8 Å². The number of aromatic nitrogens is 1. The topological polar surface area (TPSA) is 36.4 Å². The van der Waals surface area contributed by atoms with Crippen LogP contribution in [-0.4, -0.2) is 52.9 Å². The van der Waals surface area contributed by atoms with Crippen LogP contribution in [-0.2, 0) is 0 Å². The van der Waals surface area contributed by atoms with Gasteiger partial charge in [0.15, 0.2) is 0 Å². The minimum atomic E-state index is 0.136. The molecular weight excluding hydrogens is 262 g/mol. The molecule has 114 valence electrons. The lowest BCUT2D eigenvalue weighted by atomic mass is 9.77. The average molecular weight is 287 g/mol. The summed E-state index contributed by atoms with van der Waals surface area (Å²) in [5.74, 6) is 0.136. The van der Waals surface area contributed by atoms with E-state index in [1.807, 2.05) is 17.0 Å². The first-order valence-electron chi connectivity index (χ1n) is 8.03. The second-order valence-electron chi connectivity index (χ2n) is 6.85. The Morgan fingerprint density at radius 1 is 1.24 bits per heavy atom. The molecule has 2 saturated heterocycles. The van der Waals surface area contributed by atoms with Crippen LogP contribution in [0, 0.1) is 5.41 Å². The molecule has 0 aromatic carbocycles. The first kappa shape index (κ1) is 14.5. The summed E-state index contributed by atoms with van der Waals surface area (Å²) >= 11 is 0. The molecule has 0 aliphatic carbocycles. The van der Waals surface area contributed by atoms with Crippen LogP contribution in [0.25, 0.3) is 0 Å². The molecule has 0 atom stereocenters. The molecule has 21 heavy (non-hydrogen) atoms. The quantitative estimate of drug-likeness (QED) is 0.838. The van der Waals surface area contributed by atoms with Gasteiger partial charge in [0, 0.05) is 38.1 Å². The second-order valence-corrected chi connectivity index (χ2v) is 6.85. The molecule has 0 N–H and O–H groups in total. The summed E-state index contributed by atoms with van der Waals surface area (Å²) in [6.45, 7) is 8.76. The molecule has 0 saturated carbocycles.